The molecule has 5 unspecified atom stereocenters. The molecule has 0 heterocycles. The second kappa shape index (κ2) is 35.6. The molecule has 0 bridgehead atoms. The van der Waals surface area contributed by atoms with E-state index in [9.17, 15) is 4.79 Å². The van der Waals surface area contributed by atoms with Gasteiger partial charge < -0.3 is 43.6 Å². The number of ether oxygens (including phenoxy) is 7. The maximum absolute atomic E-state index is 12.6. The molecule has 0 aromatic carbocycles. The zero-order valence-electron chi connectivity index (χ0n) is 45.4. The summed E-state index contributed by atoms with van der Waals surface area (Å²) >= 11 is 0. The van der Waals surface area contributed by atoms with Crippen LogP contribution in [-0.2, 0) is 33.2 Å². The molecule has 0 aromatic heterocycles. The van der Waals surface area contributed by atoms with Gasteiger partial charge in [0.1, 0.15) is 12.2 Å². The molecule has 398 valence electrons. The minimum absolute atomic E-state index is 0.00279. The van der Waals surface area contributed by atoms with Crippen LogP contribution in [0.2, 0.25) is 0 Å². The second-order valence-corrected chi connectivity index (χ2v) is 22.2. The molecule has 3 fully saturated rings. The molecule has 4 aliphatic carbocycles. The summed E-state index contributed by atoms with van der Waals surface area (Å²) < 4.78 is 38.0. The molecule has 4 rings (SSSR count). The first-order valence-electron chi connectivity index (χ1n) is 28.2. The number of carbonyl (C=O) groups is 1. The molecule has 0 radical (unpaired) electrons. The van der Waals surface area contributed by atoms with Gasteiger partial charge in [-0.15, -0.1) is 0 Å². The van der Waals surface area contributed by atoms with Crippen LogP contribution in [0.3, 0.4) is 0 Å². The molecule has 10 heteroatoms. The highest BCUT2D eigenvalue weighted by molar-refractivity contribution is 5.67. The van der Waals surface area contributed by atoms with Crippen molar-refractivity contribution >= 4 is 6.09 Å². The second-order valence-electron chi connectivity index (χ2n) is 22.2. The van der Waals surface area contributed by atoms with Crippen molar-refractivity contribution in [3.8, 4) is 0 Å². The standard InChI is InChI=1S/C38H67NO5.C20H40O4/c1-7-21-41-23-25-43-26-24-42-22-9-20-39-36(40)44-31-16-18-37(5)30(27-31)12-13-32-34-15-14-33(29(4)11-8-10-28(2)3)38(34,6)19-17-35(32)37;1-19(13-9-7-5-4-6-8-11-15-22-2)14-10-12-16-24-18-20(17-21)23-3/h12,28-29,31-35H,7-11,13-27H2,1-6H3,(H,39,40);20-21H,1,4-18H2,2-3H3/t29-,31+,32?,33?,34?,35?,37+,38-;/m0./s1. The molecule has 1 amide bonds. The number of rotatable bonds is 37. The number of nitrogens with one attached hydrogen (secondary N) is 1. The Bertz CT molecular complexity index is 1340. The largest absolute Gasteiger partial charge is 0.446 e. The van der Waals surface area contributed by atoms with Crippen molar-refractivity contribution in [2.75, 3.05) is 86.8 Å². The highest BCUT2D eigenvalue weighted by Crippen LogP contribution is 2.67. The topological polar surface area (TPSA) is 114 Å². The first kappa shape index (κ1) is 60.8. The Morgan fingerprint density at radius 2 is 1.40 bits per heavy atom. The van der Waals surface area contributed by atoms with E-state index in [1.54, 1.807) is 19.8 Å². The third-order valence-corrected chi connectivity index (χ3v) is 16.6. The molecular formula is C58H107NO9. The zero-order chi connectivity index (χ0) is 49.5. The lowest BCUT2D eigenvalue weighted by molar-refractivity contribution is -0.0581. The quantitative estimate of drug-likeness (QED) is 0.0464. The van der Waals surface area contributed by atoms with E-state index in [1.165, 1.54) is 108 Å². The minimum Gasteiger partial charge on any atom is -0.446 e. The lowest BCUT2D eigenvalue weighted by Gasteiger charge is -2.58. The van der Waals surface area contributed by atoms with E-state index in [-0.39, 0.29) is 30.3 Å². The zero-order valence-corrected chi connectivity index (χ0v) is 45.4. The van der Waals surface area contributed by atoms with E-state index in [0.717, 1.165) is 107 Å². The normalized spacial score (nSPS) is 26.2. The number of unbranched alkanes of at least 4 members (excludes halogenated alkanes) is 7. The summed E-state index contributed by atoms with van der Waals surface area (Å²) in [4.78, 5) is 12.6. The van der Waals surface area contributed by atoms with Gasteiger partial charge in [-0.2, -0.15) is 0 Å². The molecule has 10 nitrogen and oxygen atoms in total. The fourth-order valence-electron chi connectivity index (χ4n) is 12.6. The number of hydrogen-bond acceptors (Lipinski definition) is 9. The average molecular weight is 962 g/mol. The number of amides is 1. The highest BCUT2D eigenvalue weighted by Gasteiger charge is 2.59. The smallest absolute Gasteiger partial charge is 0.407 e. The van der Waals surface area contributed by atoms with Gasteiger partial charge in [0, 0.05) is 53.6 Å². The number of fused-ring (bicyclic) bond motifs is 5. The monoisotopic (exact) mass is 962 g/mol. The van der Waals surface area contributed by atoms with Gasteiger partial charge in [0.25, 0.3) is 0 Å². The summed E-state index contributed by atoms with van der Waals surface area (Å²) in [5.74, 6) is 5.11. The van der Waals surface area contributed by atoms with E-state index >= 15 is 0 Å². The van der Waals surface area contributed by atoms with Crippen LogP contribution >= 0.6 is 0 Å². The fraction of sp³-hybridized carbons (Fsp3) is 0.914. The first-order valence-corrected chi connectivity index (χ1v) is 28.2. The lowest BCUT2D eigenvalue weighted by Crippen LogP contribution is -2.51. The van der Waals surface area contributed by atoms with E-state index in [2.05, 4.69) is 59.5 Å². The maximum Gasteiger partial charge on any atom is 0.407 e. The Balaban J connectivity index is 0.000000434. The van der Waals surface area contributed by atoms with E-state index in [4.69, 9.17) is 38.3 Å². The van der Waals surface area contributed by atoms with Crippen LogP contribution in [0.15, 0.2) is 23.8 Å². The molecule has 68 heavy (non-hydrogen) atoms. The van der Waals surface area contributed by atoms with Gasteiger partial charge >= 0.3 is 6.09 Å². The van der Waals surface area contributed by atoms with Crippen LogP contribution in [0.5, 0.6) is 0 Å². The van der Waals surface area contributed by atoms with Crippen LogP contribution in [0.4, 0.5) is 4.79 Å². The number of hydrogen-bond donors (Lipinski definition) is 2. The van der Waals surface area contributed by atoms with Gasteiger partial charge in [-0.3, -0.25) is 0 Å². The Morgan fingerprint density at radius 3 is 2.07 bits per heavy atom. The van der Waals surface area contributed by atoms with Crippen LogP contribution in [-0.4, -0.2) is 110 Å². The number of aliphatic hydroxyl groups excluding tert-OH is 1. The molecule has 9 atom stereocenters. The molecular weight excluding hydrogens is 855 g/mol. The summed E-state index contributed by atoms with van der Waals surface area (Å²) in [6.07, 6.45) is 31.6. The van der Waals surface area contributed by atoms with Crippen molar-refractivity contribution in [2.24, 2.45) is 46.3 Å². The molecule has 0 aliphatic heterocycles. The van der Waals surface area contributed by atoms with Crippen LogP contribution in [0, 0.1) is 46.3 Å². The minimum atomic E-state index is -0.281. The number of allylic oxidation sites excluding steroid dienone is 2. The lowest BCUT2D eigenvalue weighted by atomic mass is 9.47. The Labute approximate surface area is 417 Å². The number of alkyl carbamates (subject to hydrolysis) is 1. The van der Waals surface area contributed by atoms with Crippen LogP contribution in [0.1, 0.15) is 196 Å². The van der Waals surface area contributed by atoms with Crippen LogP contribution < -0.4 is 5.32 Å². The third kappa shape index (κ3) is 22.1. The summed E-state index contributed by atoms with van der Waals surface area (Å²) in [6, 6.07) is 0. The summed E-state index contributed by atoms with van der Waals surface area (Å²) in [7, 11) is 3.36. The fourth-order valence-corrected chi connectivity index (χ4v) is 12.6. The van der Waals surface area contributed by atoms with E-state index < -0.39 is 0 Å². The highest BCUT2D eigenvalue weighted by atomic mass is 16.6. The van der Waals surface area contributed by atoms with Gasteiger partial charge in [0.05, 0.1) is 39.6 Å². The number of aliphatic hydroxyl groups is 1. The molecule has 3 saturated carbocycles. The predicted octanol–water partition coefficient (Wildman–Crippen LogP) is 13.5. The SMILES string of the molecule is C=C(CCCCCCCCCOC)CCCCOCC(CO)OC.CCCOCCOCCOCCCNC(=O)O[C@@H]1CC[C@]2(C)C(=CCC3C4CCC([C@@H](C)CCCC(C)C)[C@]4(C)CCC32)C1. The van der Waals surface area contributed by atoms with Gasteiger partial charge in [-0.1, -0.05) is 117 Å². The average Bonchev–Trinajstić information content (AvgIpc) is 3.68. The number of carbonyl (C=O) groups excluding carboxylic acids is 1. The Hall–Kier alpha value is -1.53. The van der Waals surface area contributed by atoms with Crippen molar-refractivity contribution in [3.63, 3.8) is 0 Å². The van der Waals surface area contributed by atoms with E-state index in [0.29, 0.717) is 51.6 Å². The molecule has 0 saturated heterocycles. The van der Waals surface area contributed by atoms with Crippen LogP contribution in [0.25, 0.3) is 0 Å². The first-order chi connectivity index (χ1) is 32.9. The molecule has 0 aromatic rings. The van der Waals surface area contributed by atoms with Crippen molar-refractivity contribution in [1.82, 2.24) is 5.32 Å². The van der Waals surface area contributed by atoms with Crippen molar-refractivity contribution < 1.29 is 43.1 Å². The van der Waals surface area contributed by atoms with E-state index in [1.807, 2.05) is 0 Å². The van der Waals surface area contributed by atoms with Gasteiger partial charge in [0.15, 0.2) is 0 Å². The predicted molar refractivity (Wildman–Crippen MR) is 279 cm³/mol. The molecule has 0 spiro atoms. The van der Waals surface area contributed by atoms with Gasteiger partial charge in [-0.25, -0.2) is 4.79 Å². The summed E-state index contributed by atoms with van der Waals surface area (Å²) in [5.41, 5.74) is 3.77. The van der Waals surface area contributed by atoms with Gasteiger partial charge in [0.2, 0.25) is 0 Å². The van der Waals surface area contributed by atoms with Crippen molar-refractivity contribution in [1.29, 1.82) is 0 Å². The maximum atomic E-state index is 12.6. The van der Waals surface area contributed by atoms with Crippen molar-refractivity contribution in [3.05, 3.63) is 23.8 Å². The Morgan fingerprint density at radius 1 is 0.750 bits per heavy atom. The third-order valence-electron chi connectivity index (χ3n) is 16.6. The molecule has 2 N–H and O–H groups in total. The van der Waals surface area contributed by atoms with Crippen molar-refractivity contribution in [2.45, 2.75) is 208 Å². The summed E-state index contributed by atoms with van der Waals surface area (Å²) in [6.45, 7) is 25.3. The van der Waals surface area contributed by atoms with Gasteiger partial charge in [-0.05, 0) is 143 Å². The summed E-state index contributed by atoms with van der Waals surface area (Å²) in [5, 5.41) is 11.9. The molecule has 4 aliphatic rings. The Kier molecular flexibility index (Phi) is 31.8. The number of methoxy groups -OCH3 is 2.